The van der Waals surface area contributed by atoms with E-state index in [1.807, 2.05) is 30.3 Å². The fourth-order valence-electron chi connectivity index (χ4n) is 0.887. The van der Waals surface area contributed by atoms with Crippen LogP contribution < -0.4 is 4.72 Å². The molecule has 0 aliphatic rings. The van der Waals surface area contributed by atoms with Gasteiger partial charge in [-0.25, -0.2) is 13.1 Å². The van der Waals surface area contributed by atoms with Crippen LogP contribution in [-0.4, -0.2) is 8.42 Å². The fraction of sp³-hybridized carbons (Fsp3) is 0.125. The Kier molecular flexibility index (Phi) is 3.25. The van der Waals surface area contributed by atoms with Crippen LogP contribution in [-0.2, 0) is 10.9 Å². The molecule has 0 aromatic heterocycles. The predicted molar refractivity (Wildman–Crippen MR) is 48.0 cm³/mol. The van der Waals surface area contributed by atoms with Gasteiger partial charge in [-0.1, -0.05) is 30.3 Å². The summed E-state index contributed by atoms with van der Waals surface area (Å²) in [6.07, 6.45) is 0. The first-order valence-corrected chi connectivity index (χ1v) is 4.66. The molecule has 0 spiro atoms. The van der Waals surface area contributed by atoms with Crippen LogP contribution in [0.2, 0.25) is 0 Å². The zero-order valence-corrected chi connectivity index (χ0v) is 7.33. The van der Waals surface area contributed by atoms with Gasteiger partial charge in [-0.2, -0.15) is 0 Å². The molecule has 1 unspecified atom stereocenters. The van der Waals surface area contributed by atoms with Gasteiger partial charge in [0.05, 0.1) is 0 Å². The van der Waals surface area contributed by atoms with Gasteiger partial charge in [-0.3, -0.25) is 0 Å². The summed E-state index contributed by atoms with van der Waals surface area (Å²) >= 11 is 0. The molecule has 12 heavy (non-hydrogen) atoms. The van der Waals surface area contributed by atoms with E-state index in [1.54, 1.807) is 0 Å². The highest BCUT2D eigenvalue weighted by molar-refractivity contribution is 7.70. The maximum Gasteiger partial charge on any atom is 0.201 e. The average Bonchev–Trinajstić information content (AvgIpc) is 2.05. The summed E-state index contributed by atoms with van der Waals surface area (Å²) in [6, 6.07) is 8.80. The van der Waals surface area contributed by atoms with E-state index in [0.29, 0.717) is 0 Å². The van der Waals surface area contributed by atoms with Gasteiger partial charge in [0.15, 0.2) is 0 Å². The Morgan fingerprint density at radius 2 is 1.83 bits per heavy atom. The minimum atomic E-state index is -2.58. The Hall–Kier alpha value is -0.870. The van der Waals surface area contributed by atoms with Crippen molar-refractivity contribution in [1.29, 1.82) is 0 Å². The van der Waals surface area contributed by atoms with Gasteiger partial charge in [0, 0.05) is 6.04 Å². The second kappa shape index (κ2) is 4.23. The Bertz CT molecular complexity index is 300. The summed E-state index contributed by atoms with van der Waals surface area (Å²) in [5.74, 6) is 0. The van der Waals surface area contributed by atoms with Crippen LogP contribution in [0.15, 0.2) is 30.3 Å². The van der Waals surface area contributed by atoms with E-state index in [9.17, 15) is 8.42 Å². The van der Waals surface area contributed by atoms with Crippen molar-refractivity contribution in [2.24, 2.45) is 0 Å². The van der Waals surface area contributed by atoms with E-state index in [-0.39, 0.29) is 0 Å². The maximum absolute atomic E-state index is 10.3. The van der Waals surface area contributed by atoms with E-state index < -0.39 is 16.9 Å². The number of hydrogen-bond acceptors (Lipinski definition) is 2. The molecular weight excluding hydrogens is 174 g/mol. The standard InChI is InChI=1S/C8H10NO2S/c1-7(9-12(10)11)8-5-3-2-4-6-8/h2-7,12H,1H2,(H,9,10,11). The second-order valence-electron chi connectivity index (χ2n) is 2.35. The number of benzene rings is 1. The molecule has 0 fully saturated rings. The molecule has 1 radical (unpaired) electrons. The Labute approximate surface area is 73.5 Å². The highest BCUT2D eigenvalue weighted by Crippen LogP contribution is 2.09. The third-order valence-corrected chi connectivity index (χ3v) is 1.99. The van der Waals surface area contributed by atoms with E-state index in [0.717, 1.165) is 5.56 Å². The Morgan fingerprint density at radius 1 is 1.25 bits per heavy atom. The van der Waals surface area contributed by atoms with E-state index in [4.69, 9.17) is 0 Å². The van der Waals surface area contributed by atoms with Crippen LogP contribution in [0.4, 0.5) is 0 Å². The van der Waals surface area contributed by atoms with Crippen molar-refractivity contribution < 1.29 is 8.42 Å². The van der Waals surface area contributed by atoms with Crippen molar-refractivity contribution in [3.63, 3.8) is 0 Å². The third kappa shape index (κ3) is 2.64. The molecule has 1 aromatic rings. The van der Waals surface area contributed by atoms with Gasteiger partial charge in [-0.05, 0) is 12.5 Å². The van der Waals surface area contributed by atoms with Crippen molar-refractivity contribution >= 4 is 10.9 Å². The van der Waals surface area contributed by atoms with Crippen LogP contribution in [0.1, 0.15) is 11.6 Å². The quantitative estimate of drug-likeness (QED) is 0.678. The lowest BCUT2D eigenvalue weighted by molar-refractivity contribution is 0.594. The monoisotopic (exact) mass is 184 g/mol. The van der Waals surface area contributed by atoms with Gasteiger partial charge in [0.1, 0.15) is 0 Å². The number of hydrogen-bond donors (Lipinski definition) is 2. The third-order valence-electron chi connectivity index (χ3n) is 1.46. The Morgan fingerprint density at radius 3 is 2.33 bits per heavy atom. The van der Waals surface area contributed by atoms with Gasteiger partial charge in [0.2, 0.25) is 10.9 Å². The summed E-state index contributed by atoms with van der Waals surface area (Å²) in [7, 11) is -2.58. The highest BCUT2D eigenvalue weighted by atomic mass is 32.2. The minimum absolute atomic E-state index is 0.396. The normalized spacial score (nSPS) is 13.2. The first-order valence-electron chi connectivity index (χ1n) is 3.49. The first-order chi connectivity index (χ1) is 5.70. The molecule has 0 saturated carbocycles. The van der Waals surface area contributed by atoms with Gasteiger partial charge in [-0.15, -0.1) is 0 Å². The molecule has 65 valence electrons. The van der Waals surface area contributed by atoms with Crippen LogP contribution in [0, 0.1) is 6.92 Å². The predicted octanol–water partition coefficient (Wildman–Crippen LogP) is 0.678. The minimum Gasteiger partial charge on any atom is -0.215 e. The zero-order chi connectivity index (χ0) is 8.97. The molecule has 0 bridgehead atoms. The van der Waals surface area contributed by atoms with Crippen LogP contribution in [0.25, 0.3) is 0 Å². The lowest BCUT2D eigenvalue weighted by Gasteiger charge is -2.07. The van der Waals surface area contributed by atoms with Crippen molar-refractivity contribution in [3.05, 3.63) is 42.8 Å². The van der Waals surface area contributed by atoms with Gasteiger partial charge in [0.25, 0.3) is 0 Å². The molecule has 0 saturated heterocycles. The number of nitrogens with one attached hydrogen (secondary N) is 1. The molecule has 1 N–H and O–H groups in total. The molecule has 4 heteroatoms. The van der Waals surface area contributed by atoms with Crippen LogP contribution >= 0.6 is 0 Å². The lowest BCUT2D eigenvalue weighted by atomic mass is 10.1. The smallest absolute Gasteiger partial charge is 0.201 e. The molecule has 0 aliphatic carbocycles. The summed E-state index contributed by atoms with van der Waals surface area (Å²) in [5.41, 5.74) is 0.858. The van der Waals surface area contributed by atoms with Crippen molar-refractivity contribution in [2.75, 3.05) is 0 Å². The molecular formula is C8H10NO2S. The van der Waals surface area contributed by atoms with Gasteiger partial charge < -0.3 is 0 Å². The summed E-state index contributed by atoms with van der Waals surface area (Å²) in [6.45, 7) is 3.65. The summed E-state index contributed by atoms with van der Waals surface area (Å²) in [5, 5.41) is 0. The topological polar surface area (TPSA) is 46.2 Å². The molecule has 1 rings (SSSR count). The lowest BCUT2D eigenvalue weighted by Crippen LogP contribution is -2.16. The van der Waals surface area contributed by atoms with E-state index in [1.165, 1.54) is 0 Å². The highest BCUT2D eigenvalue weighted by Gasteiger charge is 2.02. The molecule has 1 atom stereocenters. The summed E-state index contributed by atoms with van der Waals surface area (Å²) in [4.78, 5) is 0. The molecule has 0 aliphatic heterocycles. The molecule has 3 nitrogen and oxygen atoms in total. The maximum atomic E-state index is 10.3. The second-order valence-corrected chi connectivity index (χ2v) is 3.12. The Balaban J connectivity index is 2.71. The first kappa shape index (κ1) is 9.22. The SMILES string of the molecule is [CH2]C(N[SH](=O)=O)c1ccccc1. The van der Waals surface area contributed by atoms with Crippen LogP contribution in [0.3, 0.4) is 0 Å². The molecule has 0 heterocycles. The molecule has 1 aromatic carbocycles. The number of thiol groups is 1. The fourth-order valence-corrected chi connectivity index (χ4v) is 1.29. The van der Waals surface area contributed by atoms with Crippen molar-refractivity contribution in [2.45, 2.75) is 6.04 Å². The van der Waals surface area contributed by atoms with Crippen LogP contribution in [0.5, 0.6) is 0 Å². The van der Waals surface area contributed by atoms with E-state index >= 15 is 0 Å². The summed E-state index contributed by atoms with van der Waals surface area (Å²) < 4.78 is 22.8. The van der Waals surface area contributed by atoms with Crippen molar-refractivity contribution in [3.8, 4) is 0 Å². The van der Waals surface area contributed by atoms with E-state index in [2.05, 4.69) is 11.6 Å². The van der Waals surface area contributed by atoms with Crippen molar-refractivity contribution in [1.82, 2.24) is 4.72 Å². The largest absolute Gasteiger partial charge is 0.215 e. The van der Waals surface area contributed by atoms with Gasteiger partial charge >= 0.3 is 0 Å². The number of rotatable bonds is 3. The zero-order valence-electron chi connectivity index (χ0n) is 6.43. The molecule has 0 amide bonds. The average molecular weight is 184 g/mol.